The molecule has 0 radical (unpaired) electrons. The van der Waals surface area contributed by atoms with E-state index >= 15 is 0 Å². The fourth-order valence-corrected chi connectivity index (χ4v) is 3.48. The van der Waals surface area contributed by atoms with Crippen LogP contribution in [0.25, 0.3) is 0 Å². The predicted octanol–water partition coefficient (Wildman–Crippen LogP) is 1.84. The van der Waals surface area contributed by atoms with Crippen LogP contribution in [0.15, 0.2) is 0 Å². The smallest absolute Gasteiger partial charge is 0.222 e. The Morgan fingerprint density at radius 1 is 1.15 bits per heavy atom. The predicted molar refractivity (Wildman–Crippen MR) is 82.5 cm³/mol. The van der Waals surface area contributed by atoms with Crippen molar-refractivity contribution in [3.8, 4) is 0 Å². The highest BCUT2D eigenvalue weighted by Gasteiger charge is 2.30. The lowest BCUT2D eigenvalue weighted by atomic mass is 10.0. The Balaban J connectivity index is 1.71. The first-order valence-corrected chi connectivity index (χ1v) is 8.26. The van der Waals surface area contributed by atoms with E-state index in [0.717, 1.165) is 44.9 Å². The maximum absolute atomic E-state index is 12.3. The van der Waals surface area contributed by atoms with E-state index in [1.165, 1.54) is 25.7 Å². The molecular formula is C16H31N3O. The van der Waals surface area contributed by atoms with E-state index in [2.05, 4.69) is 23.6 Å². The van der Waals surface area contributed by atoms with Gasteiger partial charge in [-0.15, -0.1) is 0 Å². The standard InChI is InChI=1S/C16H31N3O/c1-16(2,13-17)19-11-9-18(10-12-19)15(20)8-7-14-5-3-4-6-14/h14H,3-13,17H2,1-2H3. The zero-order chi connectivity index (χ0) is 14.6. The number of nitrogens with zero attached hydrogens (tertiary/aromatic N) is 2. The van der Waals surface area contributed by atoms with Crippen LogP contribution >= 0.6 is 0 Å². The number of hydrogen-bond acceptors (Lipinski definition) is 3. The molecule has 2 aliphatic rings. The van der Waals surface area contributed by atoms with Crippen LogP contribution in [0.3, 0.4) is 0 Å². The van der Waals surface area contributed by atoms with Crippen LogP contribution in [-0.4, -0.2) is 54.0 Å². The Labute approximate surface area is 123 Å². The molecule has 0 bridgehead atoms. The lowest BCUT2D eigenvalue weighted by Gasteiger charge is -2.43. The topological polar surface area (TPSA) is 49.6 Å². The van der Waals surface area contributed by atoms with Gasteiger partial charge >= 0.3 is 0 Å². The number of carbonyl (C=O) groups excluding carboxylic acids is 1. The van der Waals surface area contributed by atoms with E-state index in [1.54, 1.807) is 0 Å². The van der Waals surface area contributed by atoms with E-state index in [1.807, 2.05) is 0 Å². The summed E-state index contributed by atoms with van der Waals surface area (Å²) in [7, 11) is 0. The lowest BCUT2D eigenvalue weighted by molar-refractivity contribution is -0.134. The minimum Gasteiger partial charge on any atom is -0.340 e. The summed E-state index contributed by atoms with van der Waals surface area (Å²) >= 11 is 0. The van der Waals surface area contributed by atoms with Gasteiger partial charge in [-0.25, -0.2) is 0 Å². The fraction of sp³-hybridized carbons (Fsp3) is 0.938. The number of amides is 1. The highest BCUT2D eigenvalue weighted by molar-refractivity contribution is 5.76. The molecular weight excluding hydrogens is 250 g/mol. The molecule has 1 saturated carbocycles. The molecule has 1 aliphatic heterocycles. The third-order valence-corrected chi connectivity index (χ3v) is 5.23. The lowest BCUT2D eigenvalue weighted by Crippen LogP contribution is -2.58. The minimum absolute atomic E-state index is 0.0545. The van der Waals surface area contributed by atoms with Crippen LogP contribution in [-0.2, 0) is 4.79 Å². The molecule has 116 valence electrons. The van der Waals surface area contributed by atoms with Crippen LogP contribution in [0.4, 0.5) is 0 Å². The van der Waals surface area contributed by atoms with E-state index in [-0.39, 0.29) is 5.54 Å². The summed E-state index contributed by atoms with van der Waals surface area (Å²) in [6.45, 7) is 8.69. The van der Waals surface area contributed by atoms with Gasteiger partial charge in [0.05, 0.1) is 0 Å². The largest absolute Gasteiger partial charge is 0.340 e. The summed E-state index contributed by atoms with van der Waals surface area (Å²) in [6.07, 6.45) is 7.27. The van der Waals surface area contributed by atoms with Crippen molar-refractivity contribution in [3.63, 3.8) is 0 Å². The van der Waals surface area contributed by atoms with Crippen LogP contribution in [0.5, 0.6) is 0 Å². The van der Waals surface area contributed by atoms with Gasteiger partial charge in [0.2, 0.25) is 5.91 Å². The Bertz CT molecular complexity index is 316. The maximum Gasteiger partial charge on any atom is 0.222 e. The van der Waals surface area contributed by atoms with Crippen molar-refractivity contribution >= 4 is 5.91 Å². The molecule has 4 nitrogen and oxygen atoms in total. The van der Waals surface area contributed by atoms with E-state index in [4.69, 9.17) is 5.73 Å². The Morgan fingerprint density at radius 2 is 1.75 bits per heavy atom. The van der Waals surface area contributed by atoms with Crippen LogP contribution in [0, 0.1) is 5.92 Å². The summed E-state index contributed by atoms with van der Waals surface area (Å²) in [5, 5.41) is 0. The normalized spacial score (nSPS) is 22.4. The van der Waals surface area contributed by atoms with Gasteiger partial charge in [-0.05, 0) is 26.2 Å². The van der Waals surface area contributed by atoms with E-state index in [9.17, 15) is 4.79 Å². The highest BCUT2D eigenvalue weighted by atomic mass is 16.2. The number of piperazine rings is 1. The molecule has 0 aromatic heterocycles. The summed E-state index contributed by atoms with van der Waals surface area (Å²) in [5.41, 5.74) is 5.88. The summed E-state index contributed by atoms with van der Waals surface area (Å²) in [5.74, 6) is 1.18. The summed E-state index contributed by atoms with van der Waals surface area (Å²) < 4.78 is 0. The highest BCUT2D eigenvalue weighted by Crippen LogP contribution is 2.28. The van der Waals surface area contributed by atoms with Gasteiger partial charge in [0.15, 0.2) is 0 Å². The molecule has 0 spiro atoms. The molecule has 1 amide bonds. The maximum atomic E-state index is 12.3. The van der Waals surface area contributed by atoms with Gasteiger partial charge in [-0.3, -0.25) is 9.69 Å². The first-order valence-electron chi connectivity index (χ1n) is 8.26. The van der Waals surface area contributed by atoms with Crippen molar-refractivity contribution in [1.29, 1.82) is 0 Å². The van der Waals surface area contributed by atoms with Crippen molar-refractivity contribution in [2.75, 3.05) is 32.7 Å². The van der Waals surface area contributed by atoms with Crippen molar-refractivity contribution in [3.05, 3.63) is 0 Å². The number of nitrogens with two attached hydrogens (primary N) is 1. The number of hydrogen-bond donors (Lipinski definition) is 1. The monoisotopic (exact) mass is 281 g/mol. The molecule has 1 heterocycles. The second-order valence-corrected chi connectivity index (χ2v) is 7.07. The SMILES string of the molecule is CC(C)(CN)N1CCN(C(=O)CCC2CCCC2)CC1. The van der Waals surface area contributed by atoms with Crippen LogP contribution in [0.2, 0.25) is 0 Å². The van der Waals surface area contributed by atoms with Gasteiger partial charge in [-0.2, -0.15) is 0 Å². The Hall–Kier alpha value is -0.610. The molecule has 0 aromatic rings. The number of rotatable bonds is 5. The quantitative estimate of drug-likeness (QED) is 0.836. The second kappa shape index (κ2) is 6.90. The van der Waals surface area contributed by atoms with Crippen molar-refractivity contribution in [2.24, 2.45) is 11.7 Å². The molecule has 0 aromatic carbocycles. The first kappa shape index (κ1) is 15.8. The molecule has 2 rings (SSSR count). The third-order valence-electron chi connectivity index (χ3n) is 5.23. The number of carbonyl (C=O) groups is 1. The first-order chi connectivity index (χ1) is 9.53. The molecule has 1 aliphatic carbocycles. The van der Waals surface area contributed by atoms with Crippen molar-refractivity contribution in [2.45, 2.75) is 57.9 Å². The summed E-state index contributed by atoms with van der Waals surface area (Å²) in [4.78, 5) is 16.7. The molecule has 2 N–H and O–H groups in total. The van der Waals surface area contributed by atoms with E-state index in [0.29, 0.717) is 12.5 Å². The third kappa shape index (κ3) is 3.95. The van der Waals surface area contributed by atoms with Gasteiger partial charge in [0, 0.05) is 44.7 Å². The zero-order valence-corrected chi connectivity index (χ0v) is 13.2. The minimum atomic E-state index is 0.0545. The van der Waals surface area contributed by atoms with Gasteiger partial charge in [-0.1, -0.05) is 25.7 Å². The van der Waals surface area contributed by atoms with Crippen LogP contribution in [0.1, 0.15) is 52.4 Å². The average molecular weight is 281 g/mol. The van der Waals surface area contributed by atoms with Crippen molar-refractivity contribution < 1.29 is 4.79 Å². The van der Waals surface area contributed by atoms with Crippen molar-refractivity contribution in [1.82, 2.24) is 9.80 Å². The Morgan fingerprint density at radius 3 is 2.30 bits per heavy atom. The molecule has 2 fully saturated rings. The molecule has 0 unspecified atom stereocenters. The van der Waals surface area contributed by atoms with Gasteiger partial charge in [0.25, 0.3) is 0 Å². The average Bonchev–Trinajstić information content (AvgIpc) is 2.98. The fourth-order valence-electron chi connectivity index (χ4n) is 3.48. The zero-order valence-electron chi connectivity index (χ0n) is 13.2. The summed E-state index contributed by atoms with van der Waals surface area (Å²) in [6, 6.07) is 0. The molecule has 20 heavy (non-hydrogen) atoms. The molecule has 4 heteroatoms. The van der Waals surface area contributed by atoms with Gasteiger partial charge < -0.3 is 10.6 Å². The molecule has 1 saturated heterocycles. The van der Waals surface area contributed by atoms with E-state index < -0.39 is 0 Å². The second-order valence-electron chi connectivity index (χ2n) is 7.07. The molecule has 0 atom stereocenters. The van der Waals surface area contributed by atoms with Gasteiger partial charge in [0.1, 0.15) is 0 Å². The van der Waals surface area contributed by atoms with Crippen LogP contribution < -0.4 is 5.73 Å². The Kier molecular flexibility index (Phi) is 5.44.